The Morgan fingerprint density at radius 1 is 1.24 bits per heavy atom. The quantitative estimate of drug-likeness (QED) is 0.411. The summed E-state index contributed by atoms with van der Waals surface area (Å²) in [6, 6.07) is 4.42. The van der Waals surface area contributed by atoms with Gasteiger partial charge in [-0.1, -0.05) is 0 Å². The molecule has 3 rings (SSSR count). The summed E-state index contributed by atoms with van der Waals surface area (Å²) in [7, 11) is 0. The molecule has 0 radical (unpaired) electrons. The molecule has 13 heteroatoms. The average Bonchev–Trinajstić information content (AvgIpc) is 2.80. The number of halogens is 4. The first-order chi connectivity index (χ1) is 16.0. The summed E-state index contributed by atoms with van der Waals surface area (Å²) >= 11 is 8.42. The van der Waals surface area contributed by atoms with E-state index in [1.165, 1.54) is 37.8 Å². The predicted molar refractivity (Wildman–Crippen MR) is 121 cm³/mol. The van der Waals surface area contributed by atoms with Crippen LogP contribution in [0.25, 0.3) is 0 Å². The molecule has 0 unspecified atom stereocenters. The molecule has 1 aromatic carbocycles. The highest BCUT2D eigenvalue weighted by Gasteiger charge is 2.47. The van der Waals surface area contributed by atoms with Crippen molar-refractivity contribution in [3.05, 3.63) is 48.5 Å². The third-order valence-electron chi connectivity index (χ3n) is 5.32. The van der Waals surface area contributed by atoms with E-state index >= 15 is 0 Å². The van der Waals surface area contributed by atoms with Crippen LogP contribution in [0.1, 0.15) is 25.3 Å². The molecule has 184 valence electrons. The maximum Gasteiger partial charge on any atom is 0.487 e. The van der Waals surface area contributed by atoms with Crippen LogP contribution in [-0.4, -0.2) is 52.1 Å². The van der Waals surface area contributed by atoms with Crippen molar-refractivity contribution < 1.29 is 32.2 Å². The molecule has 34 heavy (non-hydrogen) atoms. The van der Waals surface area contributed by atoms with E-state index in [0.717, 1.165) is 17.0 Å². The van der Waals surface area contributed by atoms with Crippen molar-refractivity contribution in [1.82, 2.24) is 15.3 Å². The number of hydrogen-bond acceptors (Lipinski definition) is 7. The first-order valence-corrected chi connectivity index (χ1v) is 11.1. The lowest BCUT2D eigenvalue weighted by Gasteiger charge is -2.41. The molecule has 1 aliphatic heterocycles. The van der Waals surface area contributed by atoms with E-state index in [4.69, 9.17) is 16.3 Å². The Morgan fingerprint density at radius 2 is 1.82 bits per heavy atom. The maximum absolute atomic E-state index is 14.3. The van der Waals surface area contributed by atoms with Crippen molar-refractivity contribution in [2.75, 3.05) is 18.1 Å². The number of aromatic nitrogens is 2. The van der Waals surface area contributed by atoms with E-state index in [-0.39, 0.29) is 23.0 Å². The van der Waals surface area contributed by atoms with Crippen LogP contribution in [-0.2, 0) is 19.9 Å². The number of ether oxygens (including phenoxy) is 2. The van der Waals surface area contributed by atoms with Crippen LogP contribution < -0.4 is 15.0 Å². The minimum absolute atomic E-state index is 0.0143. The summed E-state index contributed by atoms with van der Waals surface area (Å²) in [4.78, 5) is 35.4. The van der Waals surface area contributed by atoms with Crippen molar-refractivity contribution in [1.29, 1.82) is 0 Å². The minimum atomic E-state index is -3.95. The van der Waals surface area contributed by atoms with Gasteiger partial charge in [0.1, 0.15) is 12.1 Å². The zero-order valence-electron chi connectivity index (χ0n) is 18.0. The first kappa shape index (κ1) is 26.0. The van der Waals surface area contributed by atoms with Crippen LogP contribution in [0.4, 0.5) is 18.9 Å². The smallest absolute Gasteiger partial charge is 0.420 e. The van der Waals surface area contributed by atoms with E-state index in [2.05, 4.69) is 32.7 Å². The summed E-state index contributed by atoms with van der Waals surface area (Å²) < 4.78 is 49.8. The Bertz CT molecular complexity index is 992. The third-order valence-corrected chi connectivity index (χ3v) is 5.62. The summed E-state index contributed by atoms with van der Waals surface area (Å²) in [6.07, 6.45) is 5.00. The molecule has 2 aromatic rings. The summed E-state index contributed by atoms with van der Waals surface area (Å²) in [5, 5.41) is 2.89. The van der Waals surface area contributed by atoms with Crippen molar-refractivity contribution >= 4 is 41.7 Å². The number of nitrogens with zero attached hydrogens (tertiary/aromatic N) is 3. The van der Waals surface area contributed by atoms with Gasteiger partial charge in [-0.3, -0.25) is 14.5 Å². The van der Waals surface area contributed by atoms with Gasteiger partial charge in [-0.05, 0) is 44.0 Å². The molecule has 1 fully saturated rings. The van der Waals surface area contributed by atoms with E-state index in [9.17, 15) is 22.8 Å². The largest absolute Gasteiger partial charge is 0.487 e. The zero-order chi connectivity index (χ0) is 24.9. The molecule has 0 bridgehead atoms. The second-order valence-electron chi connectivity index (χ2n) is 7.61. The number of benzene rings is 1. The van der Waals surface area contributed by atoms with Gasteiger partial charge in [0.15, 0.2) is 5.54 Å². The number of alkyl halides is 4. The van der Waals surface area contributed by atoms with Gasteiger partial charge in [0.2, 0.25) is 5.50 Å². The van der Waals surface area contributed by atoms with Gasteiger partial charge in [-0.25, -0.2) is 14.4 Å². The van der Waals surface area contributed by atoms with E-state index in [1.807, 2.05) is 0 Å². The molecule has 0 aliphatic carbocycles. The van der Waals surface area contributed by atoms with Crippen LogP contribution in [0.2, 0.25) is 0 Å². The fraction of sp³-hybridized carbons (Fsp3) is 0.429. The average molecular weight is 519 g/mol. The molecule has 2 heterocycles. The van der Waals surface area contributed by atoms with Crippen LogP contribution in [0.15, 0.2) is 43.0 Å². The number of thiol groups is 1. The Balaban J connectivity index is 2.07. The first-order valence-electron chi connectivity index (χ1n) is 10.2. The second-order valence-corrected chi connectivity index (χ2v) is 8.50. The van der Waals surface area contributed by atoms with Crippen molar-refractivity contribution in [2.24, 2.45) is 0 Å². The lowest BCUT2D eigenvalue weighted by molar-refractivity contribution is -0.132. The highest BCUT2D eigenvalue weighted by Crippen LogP contribution is 2.36. The van der Waals surface area contributed by atoms with Crippen LogP contribution in [0.3, 0.4) is 0 Å². The van der Waals surface area contributed by atoms with E-state index in [1.54, 1.807) is 0 Å². The SMILES string of the molecule is C[C@](C(=O)NC1CCOCC1)(c1cncnc1)N(C(=O)[C@@H](F)S)c1ccc(OC(F)(F)Cl)cc1. The number of carbonyl (C=O) groups is 2. The number of carbonyl (C=O) groups excluding carboxylic acids is 2. The van der Waals surface area contributed by atoms with Crippen LogP contribution >= 0.6 is 24.2 Å². The van der Waals surface area contributed by atoms with Gasteiger partial charge in [0, 0.05) is 54.5 Å². The van der Waals surface area contributed by atoms with Gasteiger partial charge >= 0.3 is 5.57 Å². The fourth-order valence-corrected chi connectivity index (χ4v) is 3.79. The highest BCUT2D eigenvalue weighted by atomic mass is 35.5. The number of rotatable bonds is 8. The number of nitrogens with one attached hydrogen (secondary N) is 1. The number of amides is 2. The summed E-state index contributed by atoms with van der Waals surface area (Å²) in [5.41, 5.74) is -7.87. The lowest BCUT2D eigenvalue weighted by Crippen LogP contribution is -2.60. The van der Waals surface area contributed by atoms with Gasteiger partial charge in [-0.15, -0.1) is 21.4 Å². The highest BCUT2D eigenvalue weighted by molar-refractivity contribution is 7.81. The molecular weight excluding hydrogens is 497 g/mol. The van der Waals surface area contributed by atoms with Gasteiger partial charge < -0.3 is 14.8 Å². The monoisotopic (exact) mass is 518 g/mol. The molecular formula is C21H22ClF3N4O4S. The number of anilines is 1. The third kappa shape index (κ3) is 6.10. The summed E-state index contributed by atoms with van der Waals surface area (Å²) in [6.45, 7) is 2.31. The van der Waals surface area contributed by atoms with E-state index in [0.29, 0.717) is 26.1 Å². The Hall–Kier alpha value is -2.57. The van der Waals surface area contributed by atoms with Gasteiger partial charge in [0.25, 0.3) is 11.8 Å². The van der Waals surface area contributed by atoms with E-state index < -0.39 is 28.4 Å². The molecule has 0 saturated carbocycles. The topological polar surface area (TPSA) is 93.6 Å². The predicted octanol–water partition coefficient (Wildman–Crippen LogP) is 3.41. The molecule has 2 atom stereocenters. The standard InChI is InChI=1S/C21H22ClF3N4O4S/c1-20(13-10-26-12-27-11-13,19(31)28-14-6-8-32-9-7-14)29(18(30)17(23)34)15-2-4-16(5-3-15)33-21(22,24)25/h2-5,10-12,14,17,34H,6-9H2,1H3,(H,28,31)/t17-,20+/m0/s1. The Labute approximate surface area is 204 Å². The normalized spacial score (nSPS) is 17.4. The molecule has 1 aromatic heterocycles. The maximum atomic E-state index is 14.3. The lowest BCUT2D eigenvalue weighted by atomic mass is 9.89. The molecule has 2 amide bonds. The van der Waals surface area contributed by atoms with Crippen molar-refractivity contribution in [3.63, 3.8) is 0 Å². The van der Waals surface area contributed by atoms with Crippen molar-refractivity contribution in [2.45, 2.75) is 42.4 Å². The van der Waals surface area contributed by atoms with Crippen LogP contribution in [0.5, 0.6) is 5.75 Å². The fourth-order valence-electron chi connectivity index (χ4n) is 3.59. The van der Waals surface area contributed by atoms with Gasteiger partial charge in [-0.2, -0.15) is 0 Å². The molecule has 1 N–H and O–H groups in total. The molecule has 1 aliphatic rings. The Kier molecular flexibility index (Phi) is 8.26. The second kappa shape index (κ2) is 10.8. The molecule has 0 spiro atoms. The minimum Gasteiger partial charge on any atom is -0.420 e. The summed E-state index contributed by atoms with van der Waals surface area (Å²) in [5.74, 6) is -2.09. The van der Waals surface area contributed by atoms with Gasteiger partial charge in [0.05, 0.1) is 0 Å². The number of hydrogen-bond donors (Lipinski definition) is 2. The zero-order valence-corrected chi connectivity index (χ0v) is 19.6. The van der Waals surface area contributed by atoms with Crippen molar-refractivity contribution in [3.8, 4) is 5.75 Å². The molecule has 8 nitrogen and oxygen atoms in total. The molecule has 1 saturated heterocycles. The Morgan fingerprint density at radius 3 is 2.35 bits per heavy atom. The van der Waals surface area contributed by atoms with Crippen LogP contribution in [0, 0.1) is 0 Å².